The van der Waals surface area contributed by atoms with Crippen LogP contribution < -0.4 is 19.1 Å². The summed E-state index contributed by atoms with van der Waals surface area (Å²) in [6.07, 6.45) is 0.118. The standard InChI is InChI=1S/C19H19NO5/c1-23-14-7-9-15(10-8-14)25-19(22)13-11-18(21)20(12-13)16-5-3-4-6-17(16)24-2/h3-10,13H,11-12H2,1-2H3/t13-/m1/s1. The van der Waals surface area contributed by atoms with Gasteiger partial charge in [0, 0.05) is 13.0 Å². The molecule has 1 aliphatic rings. The summed E-state index contributed by atoms with van der Waals surface area (Å²) in [6.45, 7) is 0.272. The average molecular weight is 341 g/mol. The smallest absolute Gasteiger partial charge is 0.316 e. The van der Waals surface area contributed by atoms with Gasteiger partial charge in [-0.25, -0.2) is 0 Å². The van der Waals surface area contributed by atoms with E-state index in [2.05, 4.69) is 0 Å². The van der Waals surface area contributed by atoms with E-state index in [-0.39, 0.29) is 18.9 Å². The minimum atomic E-state index is -0.514. The molecule has 1 heterocycles. The lowest BCUT2D eigenvalue weighted by atomic mass is 10.1. The summed E-state index contributed by atoms with van der Waals surface area (Å²) >= 11 is 0. The van der Waals surface area contributed by atoms with Crippen molar-refractivity contribution in [3.8, 4) is 17.2 Å². The molecule has 0 aromatic heterocycles. The van der Waals surface area contributed by atoms with E-state index in [1.807, 2.05) is 12.1 Å². The fraction of sp³-hybridized carbons (Fsp3) is 0.263. The van der Waals surface area contributed by atoms with Crippen LogP contribution in [0.3, 0.4) is 0 Å². The van der Waals surface area contributed by atoms with Crippen LogP contribution in [0.1, 0.15) is 6.42 Å². The topological polar surface area (TPSA) is 65.1 Å². The first-order valence-electron chi connectivity index (χ1n) is 7.91. The van der Waals surface area contributed by atoms with Crippen molar-refractivity contribution in [1.29, 1.82) is 0 Å². The average Bonchev–Trinajstić information content (AvgIpc) is 3.04. The van der Waals surface area contributed by atoms with E-state index in [1.54, 1.807) is 55.5 Å². The molecule has 0 N–H and O–H groups in total. The van der Waals surface area contributed by atoms with Crippen molar-refractivity contribution in [2.24, 2.45) is 5.92 Å². The zero-order valence-electron chi connectivity index (χ0n) is 14.1. The van der Waals surface area contributed by atoms with Gasteiger partial charge in [0.1, 0.15) is 17.2 Å². The van der Waals surface area contributed by atoms with Gasteiger partial charge >= 0.3 is 5.97 Å². The molecule has 0 unspecified atom stereocenters. The normalized spacial score (nSPS) is 16.6. The summed E-state index contributed by atoms with van der Waals surface area (Å²) in [5.41, 5.74) is 0.662. The quantitative estimate of drug-likeness (QED) is 0.618. The van der Waals surface area contributed by atoms with Gasteiger partial charge < -0.3 is 19.1 Å². The van der Waals surface area contributed by atoms with E-state index in [9.17, 15) is 9.59 Å². The zero-order chi connectivity index (χ0) is 17.8. The van der Waals surface area contributed by atoms with E-state index in [1.165, 1.54) is 0 Å². The van der Waals surface area contributed by atoms with Crippen molar-refractivity contribution >= 4 is 17.6 Å². The predicted octanol–water partition coefficient (Wildman–Crippen LogP) is 2.66. The number of esters is 1. The van der Waals surface area contributed by atoms with Crippen molar-refractivity contribution < 1.29 is 23.8 Å². The molecule has 1 atom stereocenters. The number of ether oxygens (including phenoxy) is 3. The first kappa shape index (κ1) is 16.8. The Kier molecular flexibility index (Phi) is 4.88. The number of hydrogen-bond acceptors (Lipinski definition) is 5. The monoisotopic (exact) mass is 341 g/mol. The molecule has 130 valence electrons. The van der Waals surface area contributed by atoms with Crippen molar-refractivity contribution in [2.45, 2.75) is 6.42 Å². The second kappa shape index (κ2) is 7.25. The molecule has 6 heteroatoms. The Morgan fingerprint density at radius 3 is 2.36 bits per heavy atom. The number of carbonyl (C=O) groups excluding carboxylic acids is 2. The van der Waals surface area contributed by atoms with Crippen LogP contribution in [0.4, 0.5) is 5.69 Å². The second-order valence-electron chi connectivity index (χ2n) is 5.67. The van der Waals surface area contributed by atoms with Crippen molar-refractivity contribution in [1.82, 2.24) is 0 Å². The maximum atomic E-state index is 12.4. The number of para-hydroxylation sites is 2. The molecule has 0 spiro atoms. The largest absolute Gasteiger partial charge is 0.497 e. The molecule has 2 aromatic carbocycles. The number of nitrogens with zero attached hydrogens (tertiary/aromatic N) is 1. The fourth-order valence-electron chi connectivity index (χ4n) is 2.79. The van der Waals surface area contributed by atoms with Crippen LogP contribution in [0.5, 0.6) is 17.2 Å². The zero-order valence-corrected chi connectivity index (χ0v) is 14.1. The van der Waals surface area contributed by atoms with E-state index >= 15 is 0 Å². The highest BCUT2D eigenvalue weighted by molar-refractivity contribution is 6.00. The Balaban J connectivity index is 1.70. The molecule has 0 bridgehead atoms. The van der Waals surface area contributed by atoms with Gasteiger partial charge in [0.05, 0.1) is 25.8 Å². The third kappa shape index (κ3) is 3.57. The van der Waals surface area contributed by atoms with Crippen molar-refractivity contribution in [2.75, 3.05) is 25.7 Å². The molecule has 6 nitrogen and oxygen atoms in total. The van der Waals surface area contributed by atoms with Gasteiger partial charge in [0.25, 0.3) is 0 Å². The summed E-state index contributed by atoms with van der Waals surface area (Å²) in [6, 6.07) is 14.0. The van der Waals surface area contributed by atoms with Crippen molar-refractivity contribution in [3.63, 3.8) is 0 Å². The van der Waals surface area contributed by atoms with Crippen LogP contribution in [0.15, 0.2) is 48.5 Å². The third-order valence-electron chi connectivity index (χ3n) is 4.11. The lowest BCUT2D eigenvalue weighted by Crippen LogP contribution is -2.27. The Morgan fingerprint density at radius 2 is 1.68 bits per heavy atom. The molecular weight excluding hydrogens is 322 g/mol. The molecule has 2 aromatic rings. The molecule has 0 aliphatic carbocycles. The number of carbonyl (C=O) groups is 2. The van der Waals surface area contributed by atoms with Crippen LogP contribution in [0.2, 0.25) is 0 Å². The van der Waals surface area contributed by atoms with Gasteiger partial charge in [-0.3, -0.25) is 9.59 Å². The molecule has 0 radical (unpaired) electrons. The van der Waals surface area contributed by atoms with Crippen LogP contribution in [-0.2, 0) is 9.59 Å². The van der Waals surface area contributed by atoms with Crippen LogP contribution >= 0.6 is 0 Å². The summed E-state index contributed by atoms with van der Waals surface area (Å²) < 4.78 is 15.7. The van der Waals surface area contributed by atoms with E-state index in [4.69, 9.17) is 14.2 Å². The molecule has 1 saturated heterocycles. The van der Waals surface area contributed by atoms with Gasteiger partial charge in [0.15, 0.2) is 0 Å². The first-order valence-corrected chi connectivity index (χ1v) is 7.91. The maximum absolute atomic E-state index is 12.4. The van der Waals surface area contributed by atoms with Crippen LogP contribution in [0.25, 0.3) is 0 Å². The molecule has 25 heavy (non-hydrogen) atoms. The number of rotatable bonds is 5. The molecule has 1 amide bonds. The minimum Gasteiger partial charge on any atom is -0.497 e. The number of amides is 1. The number of benzene rings is 2. The van der Waals surface area contributed by atoms with Gasteiger partial charge in [0.2, 0.25) is 5.91 Å². The molecule has 1 fully saturated rings. The lowest BCUT2D eigenvalue weighted by molar-refractivity contribution is -0.139. The van der Waals surface area contributed by atoms with E-state index < -0.39 is 11.9 Å². The minimum absolute atomic E-state index is 0.118. The molecule has 0 saturated carbocycles. The maximum Gasteiger partial charge on any atom is 0.316 e. The predicted molar refractivity (Wildman–Crippen MR) is 92.1 cm³/mol. The lowest BCUT2D eigenvalue weighted by Gasteiger charge is -2.19. The Labute approximate surface area is 145 Å². The third-order valence-corrected chi connectivity index (χ3v) is 4.11. The van der Waals surface area contributed by atoms with Crippen LogP contribution in [-0.4, -0.2) is 32.6 Å². The Hall–Kier alpha value is -3.02. The summed E-state index contributed by atoms with van der Waals surface area (Å²) in [5, 5.41) is 0. The molecular formula is C19H19NO5. The second-order valence-corrected chi connectivity index (χ2v) is 5.67. The van der Waals surface area contributed by atoms with E-state index in [0.717, 1.165) is 0 Å². The highest BCUT2D eigenvalue weighted by Crippen LogP contribution is 2.33. The highest BCUT2D eigenvalue weighted by Gasteiger charge is 2.37. The summed E-state index contributed by atoms with van der Waals surface area (Å²) in [7, 11) is 3.12. The van der Waals surface area contributed by atoms with Gasteiger partial charge in [-0.05, 0) is 36.4 Å². The molecule has 1 aliphatic heterocycles. The fourth-order valence-corrected chi connectivity index (χ4v) is 2.79. The number of methoxy groups -OCH3 is 2. The highest BCUT2D eigenvalue weighted by atomic mass is 16.5. The van der Waals surface area contributed by atoms with Gasteiger partial charge in [-0.2, -0.15) is 0 Å². The summed E-state index contributed by atoms with van der Waals surface area (Å²) in [5.74, 6) is 0.642. The SMILES string of the molecule is COc1ccc(OC(=O)[C@@H]2CC(=O)N(c3ccccc3OC)C2)cc1. The van der Waals surface area contributed by atoms with Crippen molar-refractivity contribution in [3.05, 3.63) is 48.5 Å². The van der Waals surface area contributed by atoms with Crippen LogP contribution in [0, 0.1) is 5.92 Å². The Morgan fingerprint density at radius 1 is 1.00 bits per heavy atom. The molecule has 3 rings (SSSR count). The van der Waals surface area contributed by atoms with Gasteiger partial charge in [-0.1, -0.05) is 12.1 Å². The summed E-state index contributed by atoms with van der Waals surface area (Å²) in [4.78, 5) is 26.3. The van der Waals surface area contributed by atoms with Gasteiger partial charge in [-0.15, -0.1) is 0 Å². The number of anilines is 1. The number of hydrogen-bond donors (Lipinski definition) is 0. The van der Waals surface area contributed by atoms with E-state index in [0.29, 0.717) is 22.9 Å². The first-order chi connectivity index (χ1) is 12.1. The Bertz CT molecular complexity index is 772.